The van der Waals surface area contributed by atoms with Crippen molar-refractivity contribution in [3.63, 3.8) is 0 Å². The Morgan fingerprint density at radius 2 is 1.94 bits per heavy atom. The SMILES string of the molecule is Cc1ccc(-n2nc(N3CCCC(C(=O)Nc4cccc5c4CCCC5)C3)ccc2=O)cc1Cl. The highest BCUT2D eigenvalue weighted by atomic mass is 35.5. The van der Waals surface area contributed by atoms with Gasteiger partial charge in [-0.1, -0.05) is 29.8 Å². The molecule has 7 heteroatoms. The third kappa shape index (κ3) is 4.60. The number of fused-ring (bicyclic) bond motifs is 1. The third-order valence-electron chi connectivity index (χ3n) is 6.96. The molecule has 0 saturated carbocycles. The van der Waals surface area contributed by atoms with Gasteiger partial charge in [-0.15, -0.1) is 5.10 Å². The molecular formula is C27H29ClN4O2. The summed E-state index contributed by atoms with van der Waals surface area (Å²) in [7, 11) is 0. The van der Waals surface area contributed by atoms with Gasteiger partial charge in [-0.05, 0) is 86.4 Å². The van der Waals surface area contributed by atoms with E-state index in [1.807, 2.05) is 31.2 Å². The van der Waals surface area contributed by atoms with E-state index < -0.39 is 0 Å². The fourth-order valence-electron chi connectivity index (χ4n) is 5.00. The number of nitrogens with one attached hydrogen (secondary N) is 1. The third-order valence-corrected chi connectivity index (χ3v) is 7.36. The van der Waals surface area contributed by atoms with Crippen LogP contribution in [0, 0.1) is 12.8 Å². The Morgan fingerprint density at radius 3 is 2.79 bits per heavy atom. The number of aromatic nitrogens is 2. The van der Waals surface area contributed by atoms with Gasteiger partial charge in [-0.2, -0.15) is 4.68 Å². The fourth-order valence-corrected chi connectivity index (χ4v) is 5.18. The average Bonchev–Trinajstić information content (AvgIpc) is 2.86. The number of hydrogen-bond acceptors (Lipinski definition) is 4. The predicted octanol–water partition coefficient (Wildman–Crippen LogP) is 4.93. The number of carbonyl (C=O) groups excluding carboxylic acids is 1. The smallest absolute Gasteiger partial charge is 0.271 e. The Hall–Kier alpha value is -3.12. The molecule has 0 radical (unpaired) electrons. The lowest BCUT2D eigenvalue weighted by atomic mass is 9.90. The van der Waals surface area contributed by atoms with Crippen molar-refractivity contribution in [3.05, 3.63) is 80.6 Å². The number of rotatable bonds is 4. The molecule has 3 aromatic rings. The molecule has 0 bridgehead atoms. The van der Waals surface area contributed by atoms with E-state index in [-0.39, 0.29) is 17.4 Å². The maximum absolute atomic E-state index is 13.2. The highest BCUT2D eigenvalue weighted by Crippen LogP contribution is 2.29. The van der Waals surface area contributed by atoms with Crippen LogP contribution in [-0.2, 0) is 17.6 Å². The summed E-state index contributed by atoms with van der Waals surface area (Å²) in [5.74, 6) is 0.609. The van der Waals surface area contributed by atoms with Crippen LogP contribution in [0.5, 0.6) is 0 Å². The van der Waals surface area contributed by atoms with Gasteiger partial charge in [0.1, 0.15) is 5.82 Å². The summed E-state index contributed by atoms with van der Waals surface area (Å²) in [5, 5.41) is 8.42. The molecule has 2 heterocycles. The summed E-state index contributed by atoms with van der Waals surface area (Å²) >= 11 is 6.27. The van der Waals surface area contributed by atoms with Gasteiger partial charge in [-0.25, -0.2) is 0 Å². The minimum absolute atomic E-state index is 0.0577. The van der Waals surface area contributed by atoms with Crippen LogP contribution in [0.25, 0.3) is 5.69 Å². The first-order valence-corrected chi connectivity index (χ1v) is 12.4. The quantitative estimate of drug-likeness (QED) is 0.579. The molecule has 2 aliphatic rings. The monoisotopic (exact) mass is 476 g/mol. The maximum atomic E-state index is 13.2. The van der Waals surface area contributed by atoms with Crippen molar-refractivity contribution in [3.8, 4) is 5.69 Å². The van der Waals surface area contributed by atoms with Crippen LogP contribution in [0.1, 0.15) is 42.4 Å². The number of benzene rings is 2. The summed E-state index contributed by atoms with van der Waals surface area (Å²) in [6.07, 6.45) is 6.23. The molecule has 1 aromatic heterocycles. The van der Waals surface area contributed by atoms with Crippen LogP contribution in [0.15, 0.2) is 53.3 Å². The number of halogens is 1. The van der Waals surface area contributed by atoms with Crippen LogP contribution >= 0.6 is 11.6 Å². The topological polar surface area (TPSA) is 67.2 Å². The molecule has 1 amide bonds. The van der Waals surface area contributed by atoms with Gasteiger partial charge in [0, 0.05) is 29.9 Å². The molecule has 1 N–H and O–H groups in total. The standard InChI is InChI=1S/C27H29ClN4O2/c1-18-11-12-21(16-23(18)28)32-26(33)14-13-25(30-32)31-15-5-8-20(17-31)27(34)29-24-10-4-7-19-6-2-3-9-22(19)24/h4,7,10-14,16,20H,2-3,5-6,8-9,15,17H2,1H3,(H,29,34). The molecule has 1 unspecified atom stereocenters. The van der Waals surface area contributed by atoms with Crippen molar-refractivity contribution in [1.29, 1.82) is 0 Å². The van der Waals surface area contributed by atoms with Gasteiger partial charge in [-0.3, -0.25) is 9.59 Å². The number of amides is 1. The van der Waals surface area contributed by atoms with Gasteiger partial charge in [0.2, 0.25) is 5.91 Å². The van der Waals surface area contributed by atoms with E-state index in [1.54, 1.807) is 12.1 Å². The molecule has 5 rings (SSSR count). The number of hydrogen-bond donors (Lipinski definition) is 1. The summed E-state index contributed by atoms with van der Waals surface area (Å²) in [5.41, 5.74) is 4.96. The lowest BCUT2D eigenvalue weighted by Gasteiger charge is -2.33. The number of anilines is 2. The van der Waals surface area contributed by atoms with Gasteiger partial charge >= 0.3 is 0 Å². The summed E-state index contributed by atoms with van der Waals surface area (Å²) in [6.45, 7) is 3.29. The van der Waals surface area contributed by atoms with E-state index in [1.165, 1.54) is 34.7 Å². The van der Waals surface area contributed by atoms with Crippen LogP contribution < -0.4 is 15.8 Å². The highest BCUT2D eigenvalue weighted by molar-refractivity contribution is 6.31. The second-order valence-corrected chi connectivity index (χ2v) is 9.71. The Bertz CT molecular complexity index is 1290. The minimum Gasteiger partial charge on any atom is -0.354 e. The van der Waals surface area contributed by atoms with Crippen molar-refractivity contribution in [1.82, 2.24) is 9.78 Å². The first-order chi connectivity index (χ1) is 16.5. The normalized spacial score (nSPS) is 17.8. The first-order valence-electron chi connectivity index (χ1n) is 12.0. The van der Waals surface area contributed by atoms with Gasteiger partial charge < -0.3 is 10.2 Å². The number of aryl methyl sites for hydroxylation is 2. The second-order valence-electron chi connectivity index (χ2n) is 9.30. The highest BCUT2D eigenvalue weighted by Gasteiger charge is 2.28. The van der Waals surface area contributed by atoms with E-state index >= 15 is 0 Å². The van der Waals surface area contributed by atoms with Crippen molar-refractivity contribution >= 4 is 29.0 Å². The largest absolute Gasteiger partial charge is 0.354 e. The Kier molecular flexibility index (Phi) is 6.42. The summed E-state index contributed by atoms with van der Waals surface area (Å²) in [4.78, 5) is 27.8. The number of carbonyl (C=O) groups is 1. The Labute approximate surface area is 204 Å². The van der Waals surface area contributed by atoms with Crippen LogP contribution in [0.2, 0.25) is 5.02 Å². The van der Waals surface area contributed by atoms with Crippen molar-refractivity contribution in [2.45, 2.75) is 45.4 Å². The number of piperidine rings is 1. The van der Waals surface area contributed by atoms with Crippen molar-refractivity contribution in [2.24, 2.45) is 5.92 Å². The summed E-state index contributed by atoms with van der Waals surface area (Å²) in [6, 6.07) is 15.0. The van der Waals surface area contributed by atoms with Crippen LogP contribution in [0.3, 0.4) is 0 Å². The molecule has 0 spiro atoms. The van der Waals surface area contributed by atoms with Crippen LogP contribution in [-0.4, -0.2) is 28.8 Å². The average molecular weight is 477 g/mol. The molecule has 176 valence electrons. The van der Waals surface area contributed by atoms with Gasteiger partial charge in [0.05, 0.1) is 11.6 Å². The fraction of sp³-hybridized carbons (Fsp3) is 0.370. The molecule has 34 heavy (non-hydrogen) atoms. The van der Waals surface area contributed by atoms with E-state index in [0.29, 0.717) is 23.1 Å². The van der Waals surface area contributed by atoms with E-state index in [2.05, 4.69) is 21.4 Å². The van der Waals surface area contributed by atoms with Crippen LogP contribution in [0.4, 0.5) is 11.5 Å². The lowest BCUT2D eigenvalue weighted by Crippen LogP contribution is -2.42. The predicted molar refractivity (Wildman–Crippen MR) is 136 cm³/mol. The van der Waals surface area contributed by atoms with E-state index in [4.69, 9.17) is 11.6 Å². The summed E-state index contributed by atoms with van der Waals surface area (Å²) < 4.78 is 1.38. The minimum atomic E-state index is -0.219. The molecule has 1 aliphatic carbocycles. The maximum Gasteiger partial charge on any atom is 0.271 e. The van der Waals surface area contributed by atoms with Gasteiger partial charge in [0.15, 0.2) is 0 Å². The van der Waals surface area contributed by atoms with Crippen molar-refractivity contribution < 1.29 is 4.79 Å². The molecule has 1 fully saturated rings. The molecule has 1 aliphatic heterocycles. The van der Waals surface area contributed by atoms with Gasteiger partial charge in [0.25, 0.3) is 5.56 Å². The second kappa shape index (κ2) is 9.63. The zero-order valence-corrected chi connectivity index (χ0v) is 20.1. The molecule has 1 atom stereocenters. The molecule has 2 aromatic carbocycles. The van der Waals surface area contributed by atoms with E-state index in [9.17, 15) is 9.59 Å². The zero-order valence-electron chi connectivity index (χ0n) is 19.4. The lowest BCUT2D eigenvalue weighted by molar-refractivity contribution is -0.120. The first kappa shape index (κ1) is 22.7. The van der Waals surface area contributed by atoms with Crippen molar-refractivity contribution in [2.75, 3.05) is 23.3 Å². The molecule has 6 nitrogen and oxygen atoms in total. The Morgan fingerprint density at radius 1 is 1.09 bits per heavy atom. The number of nitrogens with zero attached hydrogens (tertiary/aromatic N) is 3. The zero-order chi connectivity index (χ0) is 23.7. The Balaban J connectivity index is 1.34. The van der Waals surface area contributed by atoms with E-state index in [0.717, 1.165) is 43.5 Å². The molecular weight excluding hydrogens is 448 g/mol. The molecule has 1 saturated heterocycles.